The Labute approximate surface area is 106 Å². The van der Waals surface area contributed by atoms with Gasteiger partial charge in [-0.25, -0.2) is 14.3 Å². The number of aryl methyl sites for hydroxylation is 1. The average molecular weight is 259 g/mol. The van der Waals surface area contributed by atoms with Gasteiger partial charge in [0.25, 0.3) is 5.89 Å². The highest BCUT2D eigenvalue weighted by atomic mass is 16.4. The number of nitrogen functional groups attached to an aromatic ring is 1. The maximum Gasteiger partial charge on any atom is 0.427 e. The lowest BCUT2D eigenvalue weighted by Gasteiger charge is -1.97. The minimum Gasteiger partial charge on any atom is -0.438 e. The van der Waals surface area contributed by atoms with Crippen LogP contribution in [0.4, 0.5) is 5.69 Å². The predicted octanol–water partition coefficient (Wildman–Crippen LogP) is 1.16. The number of benzene rings is 1. The Hall–Kier alpha value is -2.83. The summed E-state index contributed by atoms with van der Waals surface area (Å²) in [5.41, 5.74) is 6.61. The van der Waals surface area contributed by atoms with Gasteiger partial charge in [-0.2, -0.15) is 0 Å². The second-order valence-corrected chi connectivity index (χ2v) is 4.01. The summed E-state index contributed by atoms with van der Waals surface area (Å²) in [5.74, 6) is -1.20. The number of hydrogen-bond donors (Lipinski definition) is 1. The molecule has 7 heteroatoms. The van der Waals surface area contributed by atoms with E-state index in [9.17, 15) is 9.59 Å². The summed E-state index contributed by atoms with van der Waals surface area (Å²) >= 11 is 0. The average Bonchev–Trinajstić information content (AvgIpc) is 2.91. The van der Waals surface area contributed by atoms with Gasteiger partial charge in [0.1, 0.15) is 11.3 Å². The van der Waals surface area contributed by atoms with Gasteiger partial charge in [-0.05, 0) is 25.1 Å². The highest BCUT2D eigenvalue weighted by Gasteiger charge is 2.21. The molecule has 96 valence electrons. The largest absolute Gasteiger partial charge is 0.438 e. The van der Waals surface area contributed by atoms with Crippen molar-refractivity contribution in [2.24, 2.45) is 0 Å². The molecule has 0 saturated heterocycles. The summed E-state index contributed by atoms with van der Waals surface area (Å²) in [6.07, 6.45) is 1.40. The zero-order chi connectivity index (χ0) is 13.6. The van der Waals surface area contributed by atoms with Crippen LogP contribution < -0.4 is 11.5 Å². The number of oxazole rings is 2. The van der Waals surface area contributed by atoms with E-state index in [2.05, 4.69) is 4.98 Å². The third-order valence-electron chi connectivity index (χ3n) is 2.61. The van der Waals surface area contributed by atoms with Gasteiger partial charge in [0.2, 0.25) is 0 Å². The molecule has 0 radical (unpaired) electrons. The quantitative estimate of drug-likeness (QED) is 0.657. The molecule has 2 N–H and O–H groups in total. The molecular weight excluding hydrogens is 250 g/mol. The van der Waals surface area contributed by atoms with Gasteiger partial charge in [0.15, 0.2) is 5.58 Å². The fraction of sp³-hybridized carbons (Fsp3) is 0.0833. The van der Waals surface area contributed by atoms with Crippen molar-refractivity contribution in [3.8, 4) is 0 Å². The smallest absolute Gasteiger partial charge is 0.427 e. The molecular formula is C12H9N3O4. The van der Waals surface area contributed by atoms with E-state index in [1.807, 2.05) is 0 Å². The van der Waals surface area contributed by atoms with Crippen molar-refractivity contribution in [2.75, 3.05) is 5.73 Å². The van der Waals surface area contributed by atoms with Crippen molar-refractivity contribution in [2.45, 2.75) is 6.92 Å². The second-order valence-electron chi connectivity index (χ2n) is 4.01. The lowest BCUT2D eigenvalue weighted by atomic mass is 10.3. The number of aromatic nitrogens is 2. The number of rotatable bonds is 1. The molecule has 0 aliphatic heterocycles. The highest BCUT2D eigenvalue weighted by molar-refractivity contribution is 5.97. The summed E-state index contributed by atoms with van der Waals surface area (Å²) in [5, 5.41) is 0. The van der Waals surface area contributed by atoms with Gasteiger partial charge in [-0.15, -0.1) is 0 Å². The van der Waals surface area contributed by atoms with Crippen molar-refractivity contribution < 1.29 is 13.6 Å². The summed E-state index contributed by atoms with van der Waals surface area (Å²) in [6, 6.07) is 4.58. The minimum atomic E-state index is -0.804. The van der Waals surface area contributed by atoms with Gasteiger partial charge >= 0.3 is 11.7 Å². The lowest BCUT2D eigenvalue weighted by Crippen LogP contribution is -2.23. The van der Waals surface area contributed by atoms with E-state index in [0.717, 1.165) is 4.57 Å². The topological polar surface area (TPSA) is 104 Å². The Kier molecular flexibility index (Phi) is 2.28. The summed E-state index contributed by atoms with van der Waals surface area (Å²) in [7, 11) is 0. The molecule has 7 nitrogen and oxygen atoms in total. The van der Waals surface area contributed by atoms with Crippen LogP contribution in [0.25, 0.3) is 11.1 Å². The van der Waals surface area contributed by atoms with Crippen LogP contribution in [0.5, 0.6) is 0 Å². The monoisotopic (exact) mass is 259 g/mol. The first-order chi connectivity index (χ1) is 9.06. The first-order valence-corrected chi connectivity index (χ1v) is 5.44. The first kappa shape index (κ1) is 11.3. The molecule has 3 aromatic rings. The lowest BCUT2D eigenvalue weighted by molar-refractivity contribution is 0.0920. The van der Waals surface area contributed by atoms with E-state index < -0.39 is 11.7 Å². The van der Waals surface area contributed by atoms with Crippen molar-refractivity contribution in [1.82, 2.24) is 9.55 Å². The highest BCUT2D eigenvalue weighted by Crippen LogP contribution is 2.17. The van der Waals surface area contributed by atoms with Crippen LogP contribution in [0.2, 0.25) is 0 Å². The fourth-order valence-electron chi connectivity index (χ4n) is 1.78. The van der Waals surface area contributed by atoms with Crippen molar-refractivity contribution >= 4 is 22.7 Å². The normalized spacial score (nSPS) is 11.0. The van der Waals surface area contributed by atoms with Crippen LogP contribution in [-0.2, 0) is 0 Å². The van der Waals surface area contributed by atoms with Gasteiger partial charge in [-0.1, -0.05) is 0 Å². The molecule has 0 fully saturated rings. The van der Waals surface area contributed by atoms with Crippen molar-refractivity contribution in [3.63, 3.8) is 0 Å². The second kappa shape index (κ2) is 3.84. The fourth-order valence-corrected chi connectivity index (χ4v) is 1.78. The zero-order valence-electron chi connectivity index (χ0n) is 9.91. The van der Waals surface area contributed by atoms with E-state index in [1.165, 1.54) is 18.3 Å². The molecule has 2 heterocycles. The standard InChI is InChI=1S/C12H9N3O4/c1-6-5-14-10(18-6)11(16)15-8-4-7(13)2-3-9(8)19-12(15)17/h2-5H,13H2,1H3. The molecule has 3 rings (SSSR count). The van der Waals surface area contributed by atoms with Gasteiger partial charge in [0, 0.05) is 5.69 Å². The number of nitrogens with zero attached hydrogens (tertiary/aromatic N) is 2. The van der Waals surface area contributed by atoms with Crippen molar-refractivity contribution in [3.05, 3.63) is 46.6 Å². The van der Waals surface area contributed by atoms with Crippen LogP contribution >= 0.6 is 0 Å². The maximum absolute atomic E-state index is 12.2. The SMILES string of the molecule is Cc1cnc(C(=O)n2c(=O)oc3ccc(N)cc32)o1. The van der Waals surface area contributed by atoms with E-state index in [1.54, 1.807) is 13.0 Å². The number of carbonyl (C=O) groups is 1. The minimum absolute atomic E-state index is 0.176. The van der Waals surface area contributed by atoms with E-state index in [0.29, 0.717) is 11.4 Å². The first-order valence-electron chi connectivity index (χ1n) is 5.44. The Morgan fingerprint density at radius 3 is 2.84 bits per heavy atom. The Bertz CT molecular complexity index is 840. The van der Waals surface area contributed by atoms with E-state index in [-0.39, 0.29) is 17.0 Å². The van der Waals surface area contributed by atoms with Gasteiger partial charge in [0.05, 0.1) is 6.20 Å². The van der Waals surface area contributed by atoms with Crippen molar-refractivity contribution in [1.29, 1.82) is 0 Å². The molecule has 0 bridgehead atoms. The van der Waals surface area contributed by atoms with Gasteiger partial charge in [-0.3, -0.25) is 4.79 Å². The summed E-state index contributed by atoms with van der Waals surface area (Å²) in [6.45, 7) is 1.65. The molecule has 0 aliphatic carbocycles. The van der Waals surface area contributed by atoms with E-state index in [4.69, 9.17) is 14.6 Å². The van der Waals surface area contributed by atoms with E-state index >= 15 is 0 Å². The zero-order valence-corrected chi connectivity index (χ0v) is 9.91. The van der Waals surface area contributed by atoms with Crippen LogP contribution in [-0.4, -0.2) is 15.5 Å². The number of carbonyl (C=O) groups excluding carboxylic acids is 1. The van der Waals surface area contributed by atoms with Crippen LogP contribution in [0.1, 0.15) is 16.4 Å². The molecule has 19 heavy (non-hydrogen) atoms. The molecule has 1 aromatic carbocycles. The number of anilines is 1. The van der Waals surface area contributed by atoms with Crippen LogP contribution in [0.15, 0.2) is 38.0 Å². The third-order valence-corrected chi connectivity index (χ3v) is 2.61. The summed E-state index contributed by atoms with van der Waals surface area (Å²) in [4.78, 5) is 27.7. The molecule has 0 saturated carbocycles. The Morgan fingerprint density at radius 1 is 1.37 bits per heavy atom. The van der Waals surface area contributed by atoms with Gasteiger partial charge < -0.3 is 14.6 Å². The third kappa shape index (κ3) is 1.71. The number of nitrogens with two attached hydrogens (primary N) is 1. The predicted molar refractivity (Wildman–Crippen MR) is 65.9 cm³/mol. The van der Waals surface area contributed by atoms with Crippen LogP contribution in [0, 0.1) is 6.92 Å². The number of hydrogen-bond acceptors (Lipinski definition) is 6. The summed E-state index contributed by atoms with van der Waals surface area (Å²) < 4.78 is 10.9. The molecule has 0 amide bonds. The molecule has 0 spiro atoms. The molecule has 0 unspecified atom stereocenters. The Balaban J connectivity index is 2.24. The molecule has 0 aliphatic rings. The number of fused-ring (bicyclic) bond motifs is 1. The molecule has 2 aromatic heterocycles. The maximum atomic E-state index is 12.2. The molecule has 0 atom stereocenters. The Morgan fingerprint density at radius 2 is 2.16 bits per heavy atom. The van der Waals surface area contributed by atoms with Crippen LogP contribution in [0.3, 0.4) is 0 Å².